The van der Waals surface area contributed by atoms with Crippen molar-refractivity contribution >= 4 is 17.6 Å². The topological polar surface area (TPSA) is 75.6 Å². The van der Waals surface area contributed by atoms with Crippen LogP contribution < -0.4 is 5.32 Å². The third-order valence-electron chi connectivity index (χ3n) is 3.29. The van der Waals surface area contributed by atoms with Crippen LogP contribution in [-0.4, -0.2) is 23.6 Å². The van der Waals surface area contributed by atoms with Gasteiger partial charge in [-0.15, -0.1) is 0 Å². The summed E-state index contributed by atoms with van der Waals surface area (Å²) in [5.41, 5.74) is 2.01. The molecule has 0 bridgehead atoms. The zero-order valence-corrected chi connectivity index (χ0v) is 13.1. The van der Waals surface area contributed by atoms with E-state index in [-0.39, 0.29) is 23.8 Å². The van der Waals surface area contributed by atoms with Gasteiger partial charge in [0.25, 0.3) is 5.91 Å². The minimum absolute atomic E-state index is 0.0598. The molecule has 5 heteroatoms. The van der Waals surface area contributed by atoms with Crippen LogP contribution in [0.15, 0.2) is 48.5 Å². The number of ether oxygens (including phenoxy) is 1. The number of rotatable bonds is 5. The zero-order valence-electron chi connectivity index (χ0n) is 13.1. The monoisotopic (exact) mass is 313 g/mol. The van der Waals surface area contributed by atoms with Gasteiger partial charge in [-0.2, -0.15) is 0 Å². The molecule has 0 aliphatic carbocycles. The smallest absolute Gasteiger partial charge is 0.338 e. The fourth-order valence-electron chi connectivity index (χ4n) is 2.11. The molecular formula is C18H19NO4. The molecule has 0 saturated carbocycles. The van der Waals surface area contributed by atoms with Crippen molar-refractivity contribution in [2.45, 2.75) is 19.8 Å². The van der Waals surface area contributed by atoms with Gasteiger partial charge in [0.1, 0.15) is 5.75 Å². The van der Waals surface area contributed by atoms with Crippen LogP contribution in [0.5, 0.6) is 5.75 Å². The van der Waals surface area contributed by atoms with Gasteiger partial charge in [-0.25, -0.2) is 4.79 Å². The molecule has 2 rings (SSSR count). The summed E-state index contributed by atoms with van der Waals surface area (Å²) in [6.07, 6.45) is 0. The lowest BCUT2D eigenvalue weighted by atomic mass is 10.0. The average molecular weight is 313 g/mol. The van der Waals surface area contributed by atoms with Gasteiger partial charge in [0.2, 0.25) is 0 Å². The predicted octanol–water partition coefficient (Wildman–Crippen LogP) is 3.31. The maximum absolute atomic E-state index is 11.9. The second-order valence-corrected chi connectivity index (χ2v) is 5.41. The number of hydrogen-bond acceptors (Lipinski definition) is 4. The van der Waals surface area contributed by atoms with Gasteiger partial charge in [-0.05, 0) is 41.8 Å². The van der Waals surface area contributed by atoms with Crippen LogP contribution in [-0.2, 0) is 9.53 Å². The molecule has 0 atom stereocenters. The first kappa shape index (κ1) is 16.5. The third-order valence-corrected chi connectivity index (χ3v) is 3.29. The first-order valence-electron chi connectivity index (χ1n) is 7.32. The highest BCUT2D eigenvalue weighted by Gasteiger charge is 2.12. The molecule has 0 unspecified atom stereocenters. The fraction of sp³-hybridized carbons (Fsp3) is 0.222. The standard InChI is InChI=1S/C18H19NO4/c1-12(2)15-5-3-4-6-16(15)19-17(21)11-23-18(22)13-7-9-14(20)10-8-13/h3-10,12,20H,11H2,1-2H3,(H,19,21). The highest BCUT2D eigenvalue weighted by molar-refractivity contribution is 5.96. The van der Waals surface area contributed by atoms with E-state index in [1.165, 1.54) is 24.3 Å². The largest absolute Gasteiger partial charge is 0.508 e. The molecule has 2 N–H and O–H groups in total. The van der Waals surface area contributed by atoms with Gasteiger partial charge in [-0.3, -0.25) is 4.79 Å². The Labute approximate surface area is 134 Å². The van der Waals surface area contributed by atoms with Gasteiger partial charge in [0.05, 0.1) is 5.56 Å². The Hall–Kier alpha value is -2.82. The van der Waals surface area contributed by atoms with Gasteiger partial charge in [-0.1, -0.05) is 32.0 Å². The zero-order chi connectivity index (χ0) is 16.8. The number of anilines is 1. The minimum atomic E-state index is -0.614. The summed E-state index contributed by atoms with van der Waals surface area (Å²) in [5, 5.41) is 11.9. The number of para-hydroxylation sites is 1. The lowest BCUT2D eigenvalue weighted by Crippen LogP contribution is -2.21. The maximum Gasteiger partial charge on any atom is 0.338 e. The fourth-order valence-corrected chi connectivity index (χ4v) is 2.11. The van der Waals surface area contributed by atoms with Crippen molar-refractivity contribution in [1.29, 1.82) is 0 Å². The lowest BCUT2D eigenvalue weighted by molar-refractivity contribution is -0.119. The summed E-state index contributed by atoms with van der Waals surface area (Å²) in [5.74, 6) is -0.682. The maximum atomic E-state index is 11.9. The van der Waals surface area contributed by atoms with E-state index in [1.807, 2.05) is 38.1 Å². The summed E-state index contributed by atoms with van der Waals surface area (Å²) >= 11 is 0. The Morgan fingerprint density at radius 3 is 2.39 bits per heavy atom. The molecule has 0 heterocycles. The van der Waals surface area contributed by atoms with Crippen molar-refractivity contribution in [3.8, 4) is 5.75 Å². The summed E-state index contributed by atoms with van der Waals surface area (Å²) in [6.45, 7) is 3.71. The molecule has 0 radical (unpaired) electrons. The van der Waals surface area contributed by atoms with E-state index in [4.69, 9.17) is 4.74 Å². The van der Waals surface area contributed by atoms with Crippen molar-refractivity contribution in [3.05, 3.63) is 59.7 Å². The van der Waals surface area contributed by atoms with E-state index < -0.39 is 11.9 Å². The Morgan fingerprint density at radius 1 is 1.09 bits per heavy atom. The second-order valence-electron chi connectivity index (χ2n) is 5.41. The van der Waals surface area contributed by atoms with Crippen LogP contribution in [0.25, 0.3) is 0 Å². The van der Waals surface area contributed by atoms with Gasteiger partial charge >= 0.3 is 5.97 Å². The van der Waals surface area contributed by atoms with E-state index in [1.54, 1.807) is 0 Å². The molecule has 0 saturated heterocycles. The van der Waals surface area contributed by atoms with E-state index in [0.29, 0.717) is 5.69 Å². The summed E-state index contributed by atoms with van der Waals surface area (Å²) in [6, 6.07) is 13.1. The number of phenolic OH excluding ortho intramolecular Hbond substituents is 1. The molecule has 2 aromatic rings. The number of benzene rings is 2. The number of phenols is 1. The predicted molar refractivity (Wildman–Crippen MR) is 87.6 cm³/mol. The SMILES string of the molecule is CC(C)c1ccccc1NC(=O)COC(=O)c1ccc(O)cc1. The normalized spacial score (nSPS) is 10.4. The number of aromatic hydroxyl groups is 1. The highest BCUT2D eigenvalue weighted by Crippen LogP contribution is 2.23. The van der Waals surface area contributed by atoms with Crippen molar-refractivity contribution in [2.24, 2.45) is 0 Å². The number of amides is 1. The number of nitrogens with one attached hydrogen (secondary N) is 1. The molecule has 1 amide bonds. The van der Waals surface area contributed by atoms with Crippen LogP contribution in [0, 0.1) is 0 Å². The Bertz CT molecular complexity index is 692. The van der Waals surface area contributed by atoms with E-state index in [0.717, 1.165) is 5.56 Å². The number of hydrogen-bond donors (Lipinski definition) is 2. The van der Waals surface area contributed by atoms with E-state index in [9.17, 15) is 14.7 Å². The molecule has 0 aromatic heterocycles. The van der Waals surface area contributed by atoms with Crippen molar-refractivity contribution in [3.63, 3.8) is 0 Å². The van der Waals surface area contributed by atoms with Crippen LogP contribution >= 0.6 is 0 Å². The van der Waals surface area contributed by atoms with Crippen LogP contribution in [0.1, 0.15) is 35.7 Å². The van der Waals surface area contributed by atoms with Crippen molar-refractivity contribution in [1.82, 2.24) is 0 Å². The first-order valence-corrected chi connectivity index (χ1v) is 7.32. The van der Waals surface area contributed by atoms with Crippen LogP contribution in [0.4, 0.5) is 5.69 Å². The van der Waals surface area contributed by atoms with Crippen molar-refractivity contribution in [2.75, 3.05) is 11.9 Å². The molecule has 0 aliphatic rings. The van der Waals surface area contributed by atoms with E-state index >= 15 is 0 Å². The summed E-state index contributed by atoms with van der Waals surface area (Å²) in [4.78, 5) is 23.8. The van der Waals surface area contributed by atoms with E-state index in [2.05, 4.69) is 5.32 Å². The molecule has 2 aromatic carbocycles. The Kier molecular flexibility index (Phi) is 5.36. The van der Waals surface area contributed by atoms with Gasteiger partial charge in [0, 0.05) is 5.69 Å². The quantitative estimate of drug-likeness (QED) is 0.830. The third kappa shape index (κ3) is 4.57. The molecule has 23 heavy (non-hydrogen) atoms. The molecule has 0 aliphatic heterocycles. The molecule has 0 spiro atoms. The minimum Gasteiger partial charge on any atom is -0.508 e. The molecule has 120 valence electrons. The van der Waals surface area contributed by atoms with Crippen LogP contribution in [0.3, 0.4) is 0 Å². The Morgan fingerprint density at radius 2 is 1.74 bits per heavy atom. The van der Waals surface area contributed by atoms with Gasteiger partial charge in [0.15, 0.2) is 6.61 Å². The van der Waals surface area contributed by atoms with Crippen LogP contribution in [0.2, 0.25) is 0 Å². The second kappa shape index (κ2) is 7.45. The summed E-state index contributed by atoms with van der Waals surface area (Å²) in [7, 11) is 0. The number of esters is 1. The van der Waals surface area contributed by atoms with Gasteiger partial charge < -0.3 is 15.2 Å². The molecular weight excluding hydrogens is 294 g/mol. The highest BCUT2D eigenvalue weighted by atomic mass is 16.5. The number of carbonyl (C=O) groups excluding carboxylic acids is 2. The lowest BCUT2D eigenvalue weighted by Gasteiger charge is -2.13. The number of carbonyl (C=O) groups is 2. The average Bonchev–Trinajstić information content (AvgIpc) is 2.53. The molecule has 5 nitrogen and oxygen atoms in total. The summed E-state index contributed by atoms with van der Waals surface area (Å²) < 4.78 is 4.97. The first-order chi connectivity index (χ1) is 11.0. The van der Waals surface area contributed by atoms with Crippen molar-refractivity contribution < 1.29 is 19.4 Å². The Balaban J connectivity index is 1.93. The molecule has 0 fully saturated rings.